The highest BCUT2D eigenvalue weighted by Crippen LogP contribution is 2.32. The lowest BCUT2D eigenvalue weighted by atomic mass is 9.92. The molecular formula is C19H21N. The molecule has 0 N–H and O–H groups in total. The molecule has 3 rings (SSSR count). The van der Waals surface area contributed by atoms with E-state index in [2.05, 4.69) is 72.6 Å². The lowest BCUT2D eigenvalue weighted by molar-refractivity contribution is 0.347. The van der Waals surface area contributed by atoms with Gasteiger partial charge in [-0.15, -0.1) is 0 Å². The predicted molar refractivity (Wildman–Crippen MR) is 85.4 cm³/mol. The summed E-state index contributed by atoms with van der Waals surface area (Å²) in [6.07, 6.45) is 3.77. The number of likely N-dealkylation sites (tertiary alicyclic amines) is 1. The minimum atomic E-state index is 1.17. The van der Waals surface area contributed by atoms with E-state index in [-0.39, 0.29) is 0 Å². The van der Waals surface area contributed by atoms with E-state index in [0.717, 1.165) is 0 Å². The Kier molecular flexibility index (Phi) is 3.87. The van der Waals surface area contributed by atoms with Crippen molar-refractivity contribution in [3.8, 4) is 0 Å². The second-order valence-electron chi connectivity index (χ2n) is 5.43. The molecule has 1 nitrogen and oxygen atoms in total. The van der Waals surface area contributed by atoms with Gasteiger partial charge in [0.1, 0.15) is 0 Å². The maximum atomic E-state index is 2.43. The van der Waals surface area contributed by atoms with E-state index in [0.29, 0.717) is 0 Å². The fourth-order valence-electron chi connectivity index (χ4n) is 2.99. The maximum Gasteiger partial charge on any atom is 0.0216 e. The predicted octanol–water partition coefficient (Wildman–Crippen LogP) is 4.56. The molecule has 1 aliphatic heterocycles. The molecule has 0 atom stereocenters. The molecule has 2 aromatic rings. The first-order chi connectivity index (χ1) is 9.86. The van der Waals surface area contributed by atoms with Crippen LogP contribution in [0.5, 0.6) is 0 Å². The smallest absolute Gasteiger partial charge is 0.0216 e. The van der Waals surface area contributed by atoms with Gasteiger partial charge in [-0.05, 0) is 30.4 Å². The van der Waals surface area contributed by atoms with Crippen LogP contribution in [0, 0.1) is 0 Å². The van der Waals surface area contributed by atoms with Gasteiger partial charge in [0.05, 0.1) is 0 Å². The van der Waals surface area contributed by atoms with Crippen LogP contribution in [0.15, 0.2) is 66.4 Å². The molecule has 0 unspecified atom stereocenters. The molecule has 0 spiro atoms. The summed E-state index contributed by atoms with van der Waals surface area (Å²) in [7, 11) is 2.22. The molecule has 1 saturated heterocycles. The number of hydrogen-bond acceptors (Lipinski definition) is 1. The van der Waals surface area contributed by atoms with Crippen LogP contribution in [0.4, 0.5) is 0 Å². The molecule has 1 aliphatic rings. The van der Waals surface area contributed by atoms with Crippen molar-refractivity contribution in [1.82, 2.24) is 4.90 Å². The summed E-state index contributed by atoms with van der Waals surface area (Å²) in [5.74, 6) is 0. The summed E-state index contributed by atoms with van der Waals surface area (Å²) in [6, 6.07) is 21.6. The monoisotopic (exact) mass is 263 g/mol. The molecule has 102 valence electrons. The van der Waals surface area contributed by atoms with E-state index >= 15 is 0 Å². The van der Waals surface area contributed by atoms with Crippen molar-refractivity contribution >= 4 is 5.57 Å². The normalized spacial score (nSPS) is 15.2. The highest BCUT2D eigenvalue weighted by Gasteiger charge is 2.18. The Morgan fingerprint density at radius 2 is 1.35 bits per heavy atom. The van der Waals surface area contributed by atoms with Gasteiger partial charge in [-0.25, -0.2) is 0 Å². The zero-order chi connectivity index (χ0) is 13.8. The quantitative estimate of drug-likeness (QED) is 0.767. The van der Waals surface area contributed by atoms with Gasteiger partial charge in [-0.1, -0.05) is 60.7 Å². The molecule has 0 aliphatic carbocycles. The zero-order valence-corrected chi connectivity index (χ0v) is 12.0. The van der Waals surface area contributed by atoms with Crippen molar-refractivity contribution in [3.05, 3.63) is 77.5 Å². The number of hydrogen-bond donors (Lipinski definition) is 0. The molecule has 0 saturated carbocycles. The Morgan fingerprint density at radius 1 is 0.800 bits per heavy atom. The fourth-order valence-corrected chi connectivity index (χ4v) is 2.99. The van der Waals surface area contributed by atoms with Gasteiger partial charge < -0.3 is 4.90 Å². The highest BCUT2D eigenvalue weighted by atomic mass is 15.1. The maximum absolute atomic E-state index is 2.43. The largest absolute Gasteiger partial charge is 0.377 e. The Bertz CT molecular complexity index is 542. The summed E-state index contributed by atoms with van der Waals surface area (Å²) in [6.45, 7) is 1.17. The van der Waals surface area contributed by atoms with Crippen molar-refractivity contribution in [2.24, 2.45) is 0 Å². The van der Waals surface area contributed by atoms with Crippen LogP contribution in [-0.4, -0.2) is 18.5 Å². The third kappa shape index (κ3) is 2.62. The van der Waals surface area contributed by atoms with Crippen LogP contribution in [-0.2, 0) is 0 Å². The van der Waals surface area contributed by atoms with Crippen LogP contribution in [0.3, 0.4) is 0 Å². The molecule has 1 fully saturated rings. The van der Waals surface area contributed by atoms with Crippen LogP contribution in [0.1, 0.15) is 30.4 Å². The SMILES string of the molecule is CN1CCCCC1=C(c1ccccc1)c1ccccc1. The Labute approximate surface area is 121 Å². The van der Waals surface area contributed by atoms with E-state index in [1.54, 1.807) is 0 Å². The first-order valence-corrected chi connectivity index (χ1v) is 7.41. The van der Waals surface area contributed by atoms with Crippen LogP contribution >= 0.6 is 0 Å². The summed E-state index contributed by atoms with van der Waals surface area (Å²) in [5, 5.41) is 0. The Balaban J connectivity index is 2.16. The standard InChI is InChI=1S/C19H21N/c1-20-15-9-8-14-18(20)19(16-10-4-2-5-11-16)17-12-6-3-7-13-17/h2-7,10-13H,8-9,14-15H2,1H3. The van der Waals surface area contributed by atoms with Crippen LogP contribution in [0.2, 0.25) is 0 Å². The van der Waals surface area contributed by atoms with E-state index in [4.69, 9.17) is 0 Å². The lowest BCUT2D eigenvalue weighted by Gasteiger charge is -2.31. The topological polar surface area (TPSA) is 3.24 Å². The second kappa shape index (κ2) is 5.96. The van der Waals surface area contributed by atoms with Crippen molar-refractivity contribution < 1.29 is 0 Å². The third-order valence-electron chi connectivity index (χ3n) is 4.03. The average Bonchev–Trinajstić information content (AvgIpc) is 2.52. The third-order valence-corrected chi connectivity index (χ3v) is 4.03. The molecule has 20 heavy (non-hydrogen) atoms. The van der Waals surface area contributed by atoms with Gasteiger partial charge in [0.25, 0.3) is 0 Å². The Hall–Kier alpha value is -2.02. The van der Waals surface area contributed by atoms with E-state index in [9.17, 15) is 0 Å². The van der Waals surface area contributed by atoms with Crippen molar-refractivity contribution in [1.29, 1.82) is 0 Å². The molecular weight excluding hydrogens is 242 g/mol. The van der Waals surface area contributed by atoms with Gasteiger partial charge in [0.15, 0.2) is 0 Å². The number of allylic oxidation sites excluding steroid dienone is 1. The molecule has 0 amide bonds. The number of nitrogens with zero attached hydrogens (tertiary/aromatic N) is 1. The summed E-state index contributed by atoms with van der Waals surface area (Å²) >= 11 is 0. The van der Waals surface area contributed by atoms with Gasteiger partial charge in [0, 0.05) is 24.9 Å². The molecule has 0 bridgehead atoms. The zero-order valence-electron chi connectivity index (χ0n) is 12.0. The average molecular weight is 263 g/mol. The van der Waals surface area contributed by atoms with E-state index < -0.39 is 0 Å². The first-order valence-electron chi connectivity index (χ1n) is 7.41. The summed E-state index contributed by atoms with van der Waals surface area (Å²) in [4.78, 5) is 2.43. The minimum Gasteiger partial charge on any atom is -0.377 e. The van der Waals surface area contributed by atoms with Crippen LogP contribution in [0.25, 0.3) is 5.57 Å². The number of piperidine rings is 1. The van der Waals surface area contributed by atoms with Gasteiger partial charge >= 0.3 is 0 Å². The molecule has 1 heterocycles. The van der Waals surface area contributed by atoms with Crippen molar-refractivity contribution in [3.63, 3.8) is 0 Å². The summed E-state index contributed by atoms with van der Waals surface area (Å²) in [5.41, 5.74) is 5.52. The number of rotatable bonds is 2. The Morgan fingerprint density at radius 3 is 1.85 bits per heavy atom. The second-order valence-corrected chi connectivity index (χ2v) is 5.43. The van der Waals surface area contributed by atoms with Gasteiger partial charge in [-0.2, -0.15) is 0 Å². The molecule has 0 radical (unpaired) electrons. The summed E-state index contributed by atoms with van der Waals surface area (Å²) < 4.78 is 0. The van der Waals surface area contributed by atoms with E-state index in [1.807, 2.05) is 0 Å². The number of benzene rings is 2. The van der Waals surface area contributed by atoms with Gasteiger partial charge in [0.2, 0.25) is 0 Å². The highest BCUT2D eigenvalue weighted by molar-refractivity contribution is 5.81. The van der Waals surface area contributed by atoms with Gasteiger partial charge in [-0.3, -0.25) is 0 Å². The fraction of sp³-hybridized carbons (Fsp3) is 0.263. The molecule has 1 heteroatoms. The first kappa shape index (κ1) is 13.0. The van der Waals surface area contributed by atoms with Crippen LogP contribution < -0.4 is 0 Å². The molecule has 0 aromatic heterocycles. The molecule has 2 aromatic carbocycles. The van der Waals surface area contributed by atoms with Crippen molar-refractivity contribution in [2.75, 3.05) is 13.6 Å². The van der Waals surface area contributed by atoms with E-state index in [1.165, 1.54) is 48.2 Å². The minimum absolute atomic E-state index is 1.17. The lowest BCUT2D eigenvalue weighted by Crippen LogP contribution is -2.24. The van der Waals surface area contributed by atoms with Crippen molar-refractivity contribution in [2.45, 2.75) is 19.3 Å².